The van der Waals surface area contributed by atoms with Gasteiger partial charge in [-0.1, -0.05) is 55.4 Å². The van der Waals surface area contributed by atoms with Crippen LogP contribution in [-0.2, 0) is 8.85 Å². The first-order valence-corrected chi connectivity index (χ1v) is 18.1. The number of halogens is 2. The van der Waals surface area contributed by atoms with E-state index < -0.39 is 22.7 Å². The largest absolute Gasteiger partial charge is 0.413 e. The summed E-state index contributed by atoms with van der Waals surface area (Å²) in [5.74, 6) is 0.0973. The molecule has 0 bridgehead atoms. The molecule has 29 heavy (non-hydrogen) atoms. The van der Waals surface area contributed by atoms with Gasteiger partial charge in [0.25, 0.3) is 0 Å². The molecular weight excluding hydrogens is 528 g/mol. The lowest BCUT2D eigenvalue weighted by atomic mass is 9.87. The lowest BCUT2D eigenvalue weighted by Crippen LogP contribution is -2.52. The van der Waals surface area contributed by atoms with Crippen LogP contribution in [0, 0.1) is 11.8 Å². The zero-order valence-electron chi connectivity index (χ0n) is 21.0. The summed E-state index contributed by atoms with van der Waals surface area (Å²) in [5, 5.41) is 10.7. The van der Waals surface area contributed by atoms with Crippen LogP contribution in [0.1, 0.15) is 62.3 Å². The molecule has 0 amide bonds. The third-order valence-electron chi connectivity index (χ3n) is 7.08. The minimum absolute atomic E-state index is 0.00661. The Morgan fingerprint density at radius 1 is 0.793 bits per heavy atom. The van der Waals surface area contributed by atoms with Gasteiger partial charge in [0, 0.05) is 11.8 Å². The van der Waals surface area contributed by atoms with Crippen LogP contribution >= 0.6 is 31.9 Å². The van der Waals surface area contributed by atoms with Gasteiger partial charge < -0.3 is 14.0 Å². The van der Waals surface area contributed by atoms with Crippen molar-refractivity contribution in [1.82, 2.24) is 0 Å². The van der Waals surface area contributed by atoms with Crippen molar-refractivity contribution in [3.05, 3.63) is 9.47 Å². The van der Waals surface area contributed by atoms with Crippen molar-refractivity contribution in [3.63, 3.8) is 0 Å². The molecule has 0 radical (unpaired) electrons. The first-order chi connectivity index (χ1) is 12.6. The van der Waals surface area contributed by atoms with Gasteiger partial charge in [0.05, 0.1) is 21.7 Å². The van der Waals surface area contributed by atoms with Crippen LogP contribution < -0.4 is 0 Å². The fraction of sp³-hybridized carbons (Fsp3) is 0.909. The van der Waals surface area contributed by atoms with E-state index in [1.807, 2.05) is 6.92 Å². The summed E-state index contributed by atoms with van der Waals surface area (Å²) in [6, 6.07) is 0. The van der Waals surface area contributed by atoms with Gasteiger partial charge in [0.2, 0.25) is 0 Å². The molecule has 7 heteroatoms. The van der Waals surface area contributed by atoms with Crippen LogP contribution in [0.4, 0.5) is 0 Å². The summed E-state index contributed by atoms with van der Waals surface area (Å²) < 4.78 is 14.6. The summed E-state index contributed by atoms with van der Waals surface area (Å²) in [6.45, 7) is 28.8. The molecule has 0 rings (SSSR count). The molecule has 0 aromatic carbocycles. The molecule has 0 heterocycles. The normalized spacial score (nSPS) is 19.3. The summed E-state index contributed by atoms with van der Waals surface area (Å²) >= 11 is 7.08. The minimum Gasteiger partial charge on any atom is -0.413 e. The minimum atomic E-state index is -2.02. The quantitative estimate of drug-likeness (QED) is 0.283. The number of hydrogen-bond acceptors (Lipinski definition) is 3. The highest BCUT2D eigenvalue weighted by Gasteiger charge is 2.45. The number of rotatable bonds is 9. The Kier molecular flexibility index (Phi) is 11.1. The van der Waals surface area contributed by atoms with E-state index in [1.54, 1.807) is 0 Å². The smallest absolute Gasteiger partial charge is 0.192 e. The van der Waals surface area contributed by atoms with E-state index in [-0.39, 0.29) is 34.1 Å². The second-order valence-electron chi connectivity index (χ2n) is 11.6. The van der Waals surface area contributed by atoms with Gasteiger partial charge in [-0.15, -0.1) is 0 Å². The summed E-state index contributed by atoms with van der Waals surface area (Å²) in [6.07, 6.45) is 1.45. The van der Waals surface area contributed by atoms with Crippen molar-refractivity contribution >= 4 is 48.5 Å². The van der Waals surface area contributed by atoms with Gasteiger partial charge in [0.1, 0.15) is 0 Å². The summed E-state index contributed by atoms with van der Waals surface area (Å²) in [4.78, 5) is 0. The van der Waals surface area contributed by atoms with Crippen LogP contribution in [0.5, 0.6) is 0 Å². The standard InChI is InChI=1S/C22H46Br2O3Si2/c1-15(17(3)25)20(27-29(12,13)22(7,8)9)16(2)18(14-19(23)24)26-28(10,11)21(4,5)6/h14-18,20,25H,1-13H3/t15-,16-,17?,18+,20+/m0/s1. The highest BCUT2D eigenvalue weighted by molar-refractivity contribution is 9.28. The van der Waals surface area contributed by atoms with Crippen LogP contribution in [-0.4, -0.2) is 40.1 Å². The van der Waals surface area contributed by atoms with Gasteiger partial charge in [0.15, 0.2) is 16.6 Å². The van der Waals surface area contributed by atoms with E-state index >= 15 is 0 Å². The first-order valence-electron chi connectivity index (χ1n) is 10.7. The Balaban J connectivity index is 6.13. The van der Waals surface area contributed by atoms with Crippen molar-refractivity contribution in [2.45, 2.75) is 117 Å². The van der Waals surface area contributed by atoms with Crippen LogP contribution in [0.15, 0.2) is 9.47 Å². The summed E-state index contributed by atoms with van der Waals surface area (Å²) in [7, 11) is -4.01. The molecule has 0 saturated carbocycles. The van der Waals surface area contributed by atoms with Gasteiger partial charge in [-0.05, 0) is 81.1 Å². The van der Waals surface area contributed by atoms with E-state index in [0.717, 1.165) is 3.39 Å². The fourth-order valence-corrected chi connectivity index (χ4v) is 5.91. The van der Waals surface area contributed by atoms with Crippen LogP contribution in [0.25, 0.3) is 0 Å². The van der Waals surface area contributed by atoms with E-state index in [4.69, 9.17) is 8.85 Å². The molecule has 5 atom stereocenters. The second-order valence-corrected chi connectivity index (χ2v) is 23.9. The molecule has 174 valence electrons. The van der Waals surface area contributed by atoms with Gasteiger partial charge in [-0.25, -0.2) is 0 Å². The van der Waals surface area contributed by atoms with E-state index in [0.29, 0.717) is 0 Å². The predicted molar refractivity (Wildman–Crippen MR) is 140 cm³/mol. The molecule has 0 aliphatic heterocycles. The molecule has 0 aromatic heterocycles. The predicted octanol–water partition coefficient (Wildman–Crippen LogP) is 8.05. The Hall–Kier alpha value is 1.01. The van der Waals surface area contributed by atoms with Crippen LogP contribution in [0.2, 0.25) is 36.3 Å². The monoisotopic (exact) mass is 572 g/mol. The maximum absolute atomic E-state index is 10.4. The average molecular weight is 575 g/mol. The molecule has 0 aliphatic carbocycles. The topological polar surface area (TPSA) is 38.7 Å². The maximum atomic E-state index is 10.4. The zero-order valence-corrected chi connectivity index (χ0v) is 26.2. The van der Waals surface area contributed by atoms with Crippen LogP contribution in [0.3, 0.4) is 0 Å². The molecule has 0 aromatic rings. The lowest BCUT2D eigenvalue weighted by molar-refractivity contribution is -0.0175. The third kappa shape index (κ3) is 8.81. The Bertz CT molecular complexity index is 545. The molecule has 0 fully saturated rings. The molecule has 3 nitrogen and oxygen atoms in total. The number of hydrogen-bond donors (Lipinski definition) is 1. The fourth-order valence-electron chi connectivity index (χ4n) is 2.61. The lowest BCUT2D eigenvalue weighted by Gasteiger charge is -2.46. The number of aliphatic hydroxyl groups excluding tert-OH is 1. The Labute approximate surface area is 199 Å². The SMILES string of the molecule is CC(O)[C@H](C)[C@@H](O[Si](C)(C)C(C)(C)C)[C@@H](C)[C@@H](C=C(Br)Br)O[Si](C)(C)C(C)(C)C. The van der Waals surface area contributed by atoms with Gasteiger partial charge >= 0.3 is 0 Å². The molecular formula is C22H46Br2O3Si2. The van der Waals surface area contributed by atoms with E-state index in [1.165, 1.54) is 0 Å². The zero-order chi connectivity index (χ0) is 23.6. The van der Waals surface area contributed by atoms with Gasteiger partial charge in [-0.3, -0.25) is 0 Å². The third-order valence-corrected chi connectivity index (χ3v) is 16.6. The van der Waals surface area contributed by atoms with Gasteiger partial charge in [-0.2, -0.15) is 0 Å². The Morgan fingerprint density at radius 2 is 1.17 bits per heavy atom. The molecule has 0 spiro atoms. The van der Waals surface area contributed by atoms with Crippen molar-refractivity contribution in [2.24, 2.45) is 11.8 Å². The Morgan fingerprint density at radius 3 is 1.48 bits per heavy atom. The second kappa shape index (κ2) is 10.8. The first kappa shape index (κ1) is 30.0. The molecule has 0 saturated heterocycles. The van der Waals surface area contributed by atoms with E-state index in [2.05, 4.69) is 120 Å². The highest BCUT2D eigenvalue weighted by Crippen LogP contribution is 2.42. The molecule has 0 aliphatic rings. The van der Waals surface area contributed by atoms with Crippen molar-refractivity contribution in [2.75, 3.05) is 0 Å². The van der Waals surface area contributed by atoms with Crippen molar-refractivity contribution < 1.29 is 14.0 Å². The molecule has 1 unspecified atom stereocenters. The number of aliphatic hydroxyl groups is 1. The maximum Gasteiger partial charge on any atom is 0.192 e. The van der Waals surface area contributed by atoms with Crippen molar-refractivity contribution in [3.8, 4) is 0 Å². The average Bonchev–Trinajstić information content (AvgIpc) is 2.47. The summed E-state index contributed by atoms with van der Waals surface area (Å²) in [5.41, 5.74) is 0. The molecule has 1 N–H and O–H groups in total. The van der Waals surface area contributed by atoms with E-state index in [9.17, 15) is 5.11 Å². The highest BCUT2D eigenvalue weighted by atomic mass is 79.9. The van der Waals surface area contributed by atoms with Crippen molar-refractivity contribution in [1.29, 1.82) is 0 Å².